The molecule has 1 atom stereocenters. The second kappa shape index (κ2) is 14.8. The number of rotatable bonds is 5. The van der Waals surface area contributed by atoms with E-state index >= 15 is 0 Å². The summed E-state index contributed by atoms with van der Waals surface area (Å²) in [6.45, 7) is 13.5. The van der Waals surface area contributed by atoms with Crippen molar-refractivity contribution >= 4 is 17.3 Å². The van der Waals surface area contributed by atoms with Crippen molar-refractivity contribution in [2.45, 2.75) is 54.1 Å². The molecule has 0 unspecified atom stereocenters. The molecule has 4 nitrogen and oxygen atoms in total. The molecule has 27 heavy (non-hydrogen) atoms. The van der Waals surface area contributed by atoms with Crippen LogP contribution in [0.1, 0.15) is 45.7 Å². The van der Waals surface area contributed by atoms with Crippen molar-refractivity contribution in [3.8, 4) is 0 Å². The minimum absolute atomic E-state index is 0. The van der Waals surface area contributed by atoms with Gasteiger partial charge in [-0.1, -0.05) is 58.0 Å². The van der Waals surface area contributed by atoms with Gasteiger partial charge in [0.15, 0.2) is 5.60 Å². The summed E-state index contributed by atoms with van der Waals surface area (Å²) >= 11 is 0. The summed E-state index contributed by atoms with van der Waals surface area (Å²) in [4.78, 5) is 12.2. The van der Waals surface area contributed by atoms with Crippen molar-refractivity contribution in [2.24, 2.45) is 0 Å². The largest absolute Gasteiger partial charge is 0.382 e. The monoisotopic (exact) mass is 446 g/mol. The zero-order valence-corrected chi connectivity index (χ0v) is 20.5. The van der Waals surface area contributed by atoms with Gasteiger partial charge in [0.1, 0.15) is 0 Å². The number of hydrogen-bond donors (Lipinski definition) is 3. The number of aryl methyl sites for hydroxylation is 2. The van der Waals surface area contributed by atoms with Crippen molar-refractivity contribution in [1.29, 1.82) is 0 Å². The zero-order valence-electron chi connectivity index (χ0n) is 17.7. The average molecular weight is 446 g/mol. The predicted octanol–water partition coefficient (Wildman–Crippen LogP) is 4.96. The van der Waals surface area contributed by atoms with Gasteiger partial charge < -0.3 is 15.7 Å². The third-order valence-electron chi connectivity index (χ3n) is 3.40. The topological polar surface area (TPSA) is 61.4 Å². The van der Waals surface area contributed by atoms with E-state index in [1.165, 1.54) is 6.92 Å². The quantitative estimate of drug-likeness (QED) is 0.570. The number of carbonyl (C=O) groups excluding carboxylic acids is 1. The summed E-state index contributed by atoms with van der Waals surface area (Å²) in [5, 5.41) is 16.1. The van der Waals surface area contributed by atoms with Gasteiger partial charge in [0, 0.05) is 38.4 Å². The maximum Gasteiger partial charge on any atom is 0.247 e. The fourth-order valence-corrected chi connectivity index (χ4v) is 1.87. The summed E-state index contributed by atoms with van der Waals surface area (Å²) in [5.41, 5.74) is 2.11. The molecular weight excluding hydrogens is 413 g/mol. The first-order valence-corrected chi connectivity index (χ1v) is 9.19. The van der Waals surface area contributed by atoms with Crippen LogP contribution in [0.4, 0.5) is 11.4 Å². The standard InChI is InChI=1S/C18H21N2O2.2C2H6.Y/c1-13-4-8-15(9-5-13)19-12-18(3,22)17(21)20-16-10-6-14(2)7-11-16;2*1-2;/h4-6,8-11,19,22H,12H2,1-3H3,(H,20,21);2*1-2H3;/q-1;;;/t18-;;;/m0.../s1. The molecule has 3 N–H and O–H groups in total. The van der Waals surface area contributed by atoms with Gasteiger partial charge in [-0.25, -0.2) is 0 Å². The molecule has 2 rings (SSSR count). The zero-order chi connectivity index (χ0) is 20.2. The maximum absolute atomic E-state index is 12.2. The van der Waals surface area contributed by atoms with Crippen molar-refractivity contribution in [3.63, 3.8) is 0 Å². The number of nitrogens with one attached hydrogen (secondary N) is 2. The molecule has 0 spiro atoms. The normalized spacial score (nSPS) is 11.3. The number of benzene rings is 2. The predicted molar refractivity (Wildman–Crippen MR) is 112 cm³/mol. The van der Waals surface area contributed by atoms with Crippen molar-refractivity contribution in [2.75, 3.05) is 17.2 Å². The van der Waals surface area contributed by atoms with E-state index in [2.05, 4.69) is 16.7 Å². The van der Waals surface area contributed by atoms with Crippen LogP contribution in [0.3, 0.4) is 0 Å². The third kappa shape index (κ3) is 10.6. The minimum Gasteiger partial charge on any atom is -0.382 e. The number of carbonyl (C=O) groups is 1. The molecule has 0 saturated heterocycles. The van der Waals surface area contributed by atoms with E-state index in [-0.39, 0.29) is 39.3 Å². The van der Waals surface area contributed by atoms with Gasteiger partial charge in [0.05, 0.1) is 6.54 Å². The van der Waals surface area contributed by atoms with E-state index in [9.17, 15) is 9.90 Å². The second-order valence-electron chi connectivity index (χ2n) is 5.71. The molecule has 1 radical (unpaired) electrons. The SMILES string of the molecule is CC.CC.Cc1[c-]cc(NC(=O)[C@@](C)(O)CNc2ccc(C)cc2)cc1.[Y]. The van der Waals surface area contributed by atoms with Crippen LogP contribution in [-0.2, 0) is 37.5 Å². The molecule has 147 valence electrons. The first-order chi connectivity index (χ1) is 12.4. The number of hydrogen-bond acceptors (Lipinski definition) is 3. The third-order valence-corrected chi connectivity index (χ3v) is 3.40. The van der Waals surface area contributed by atoms with Crippen LogP contribution in [0.25, 0.3) is 0 Å². The smallest absolute Gasteiger partial charge is 0.247 e. The molecule has 5 heteroatoms. The Bertz CT molecular complexity index is 638. The second-order valence-corrected chi connectivity index (χ2v) is 5.71. The van der Waals surface area contributed by atoms with Gasteiger partial charge in [0.2, 0.25) is 5.91 Å². The Balaban J connectivity index is 0. The van der Waals surface area contributed by atoms with Crippen LogP contribution in [0.2, 0.25) is 0 Å². The van der Waals surface area contributed by atoms with E-state index in [4.69, 9.17) is 0 Å². The Hall–Kier alpha value is -1.23. The summed E-state index contributed by atoms with van der Waals surface area (Å²) in [5.74, 6) is -0.454. The molecule has 2 aromatic carbocycles. The minimum atomic E-state index is -1.52. The van der Waals surface area contributed by atoms with Crippen LogP contribution in [0.5, 0.6) is 0 Å². The summed E-state index contributed by atoms with van der Waals surface area (Å²) in [6.07, 6.45) is 0. The molecule has 0 aliphatic rings. The fraction of sp³-hybridized carbons (Fsp3) is 0.409. The van der Waals surface area contributed by atoms with Crippen molar-refractivity contribution in [1.82, 2.24) is 0 Å². The molecule has 0 bridgehead atoms. The van der Waals surface area contributed by atoms with Crippen LogP contribution < -0.4 is 10.6 Å². The van der Waals surface area contributed by atoms with Gasteiger partial charge in [-0.05, 0) is 26.0 Å². The Labute approximate surface area is 190 Å². The van der Waals surface area contributed by atoms with E-state index in [0.29, 0.717) is 5.69 Å². The summed E-state index contributed by atoms with van der Waals surface area (Å²) in [7, 11) is 0. The Kier molecular flexibility index (Phi) is 15.3. The van der Waals surface area contributed by atoms with Crippen molar-refractivity contribution in [3.05, 3.63) is 59.7 Å². The van der Waals surface area contributed by atoms with Gasteiger partial charge in [-0.3, -0.25) is 4.79 Å². The molecule has 0 saturated carbocycles. The van der Waals surface area contributed by atoms with E-state index < -0.39 is 11.5 Å². The number of amides is 1. The average Bonchev–Trinajstić information content (AvgIpc) is 2.66. The number of anilines is 2. The van der Waals surface area contributed by atoms with Gasteiger partial charge in [-0.2, -0.15) is 23.8 Å². The van der Waals surface area contributed by atoms with Crippen molar-refractivity contribution < 1.29 is 42.6 Å². The van der Waals surface area contributed by atoms with E-state index in [0.717, 1.165) is 16.8 Å². The van der Waals surface area contributed by atoms with E-state index in [1.807, 2.05) is 71.9 Å². The van der Waals surface area contributed by atoms with Gasteiger partial charge in [0.25, 0.3) is 0 Å². The molecule has 0 aromatic heterocycles. The summed E-state index contributed by atoms with van der Waals surface area (Å²) < 4.78 is 0. The molecule has 0 fully saturated rings. The van der Waals surface area contributed by atoms with Crippen LogP contribution in [0.15, 0.2) is 42.5 Å². The van der Waals surface area contributed by atoms with Crippen LogP contribution in [0, 0.1) is 19.9 Å². The Morgan fingerprint density at radius 2 is 1.52 bits per heavy atom. The molecule has 0 heterocycles. The first kappa shape index (κ1) is 28.0. The molecule has 1 amide bonds. The van der Waals surface area contributed by atoms with E-state index in [1.54, 1.807) is 12.1 Å². The molecular formula is C22H33N2O2Y-. The fourth-order valence-electron chi connectivity index (χ4n) is 1.87. The molecule has 0 aliphatic carbocycles. The van der Waals surface area contributed by atoms with Gasteiger partial charge >= 0.3 is 0 Å². The first-order valence-electron chi connectivity index (χ1n) is 9.19. The Morgan fingerprint density at radius 1 is 1.00 bits per heavy atom. The molecule has 0 aliphatic heterocycles. The maximum atomic E-state index is 12.2. The van der Waals surface area contributed by atoms with Crippen LogP contribution >= 0.6 is 0 Å². The summed E-state index contributed by atoms with van der Waals surface area (Å²) in [6, 6.07) is 16.1. The number of aliphatic hydroxyl groups is 1. The van der Waals surface area contributed by atoms with Gasteiger partial charge in [-0.15, -0.1) is 6.07 Å². The Morgan fingerprint density at radius 3 is 2.00 bits per heavy atom. The molecule has 2 aromatic rings. The van der Waals surface area contributed by atoms with Crippen LogP contribution in [-0.4, -0.2) is 23.2 Å².